The van der Waals surface area contributed by atoms with Crippen molar-refractivity contribution in [1.29, 1.82) is 0 Å². The maximum absolute atomic E-state index is 5.61. The molecule has 1 saturated heterocycles. The number of benzene rings is 1. The Kier molecular flexibility index (Phi) is 3.48. The molecule has 3 heterocycles. The zero-order valence-electron chi connectivity index (χ0n) is 13.0. The number of piperazine rings is 1. The Morgan fingerprint density at radius 2 is 1.91 bits per heavy atom. The van der Waals surface area contributed by atoms with E-state index in [0.717, 1.165) is 48.7 Å². The predicted molar refractivity (Wildman–Crippen MR) is 88.9 cm³/mol. The third-order valence-corrected chi connectivity index (χ3v) is 4.56. The van der Waals surface area contributed by atoms with Crippen molar-refractivity contribution in [2.45, 2.75) is 0 Å². The maximum atomic E-state index is 5.61. The van der Waals surface area contributed by atoms with Gasteiger partial charge in [0.05, 0.1) is 7.11 Å². The van der Waals surface area contributed by atoms with Crippen molar-refractivity contribution in [3.05, 3.63) is 42.7 Å². The number of methoxy groups -OCH3 is 1. The Balaban J connectivity index is 1.90. The Morgan fingerprint density at radius 3 is 2.65 bits per heavy atom. The monoisotopic (exact) mass is 311 g/mol. The van der Waals surface area contributed by atoms with Crippen molar-refractivity contribution in [1.82, 2.24) is 19.9 Å². The van der Waals surface area contributed by atoms with E-state index < -0.39 is 0 Å². The number of quaternary nitrogens is 1. The lowest BCUT2D eigenvalue weighted by atomic mass is 10.1. The summed E-state index contributed by atoms with van der Waals surface area (Å²) < 4.78 is 11.6. The zero-order valence-corrected chi connectivity index (χ0v) is 13.0. The summed E-state index contributed by atoms with van der Waals surface area (Å²) >= 11 is 0. The molecule has 0 atom stereocenters. The molecule has 4 rings (SSSR count). The minimum Gasteiger partial charge on any atom is -0.497 e. The molecular weight excluding hydrogens is 292 g/mol. The van der Waals surface area contributed by atoms with Gasteiger partial charge in [0, 0.05) is 43.7 Å². The molecule has 0 bridgehead atoms. The quantitative estimate of drug-likeness (QED) is 0.753. The van der Waals surface area contributed by atoms with Crippen LogP contribution in [0.3, 0.4) is 0 Å². The first-order valence-corrected chi connectivity index (χ1v) is 7.76. The van der Waals surface area contributed by atoms with Gasteiger partial charge in [0.25, 0.3) is 5.82 Å². The highest BCUT2D eigenvalue weighted by Gasteiger charge is 2.39. The maximum Gasteiger partial charge on any atom is 0.279 e. The zero-order chi connectivity index (χ0) is 15.7. The largest absolute Gasteiger partial charge is 0.497 e. The highest BCUT2D eigenvalue weighted by molar-refractivity contribution is 5.90. The first kappa shape index (κ1) is 14.2. The van der Waals surface area contributed by atoms with Crippen molar-refractivity contribution in [3.63, 3.8) is 0 Å². The number of ether oxygens (including phenoxy) is 1. The van der Waals surface area contributed by atoms with Gasteiger partial charge in [-0.3, -0.25) is 4.98 Å². The van der Waals surface area contributed by atoms with Gasteiger partial charge in [-0.2, -0.15) is 0 Å². The first-order chi connectivity index (χ1) is 11.3. The Bertz CT molecular complexity index is 810. The molecule has 0 amide bonds. The predicted octanol–water partition coefficient (Wildman–Crippen LogP) is 2.47. The average molecular weight is 311 g/mol. The molecule has 1 N–H and O–H groups in total. The summed E-state index contributed by atoms with van der Waals surface area (Å²) in [7, 11) is 1.65. The van der Waals surface area contributed by atoms with Crippen LogP contribution in [0.15, 0.2) is 47.2 Å². The van der Waals surface area contributed by atoms with Crippen LogP contribution in [-0.4, -0.2) is 43.4 Å². The van der Waals surface area contributed by atoms with Crippen molar-refractivity contribution >= 4 is 22.5 Å². The average Bonchev–Trinajstić information content (AvgIpc) is 3.06. The van der Waals surface area contributed by atoms with Gasteiger partial charge in [0.15, 0.2) is 5.58 Å². The minimum absolute atomic E-state index is 0.675. The summed E-state index contributed by atoms with van der Waals surface area (Å²) in [6.45, 7) is 3.73. The van der Waals surface area contributed by atoms with Crippen LogP contribution in [0.1, 0.15) is 0 Å². The topological polar surface area (TPSA) is 60.2 Å². The van der Waals surface area contributed by atoms with Gasteiger partial charge in [-0.1, -0.05) is 0 Å². The van der Waals surface area contributed by atoms with E-state index in [0.29, 0.717) is 4.48 Å². The fourth-order valence-corrected chi connectivity index (χ4v) is 3.34. The summed E-state index contributed by atoms with van der Waals surface area (Å²) in [6, 6.07) is 10.00. The Labute approximate surface area is 134 Å². The molecular formula is C17H19N4O2+. The molecule has 0 spiro atoms. The van der Waals surface area contributed by atoms with Crippen molar-refractivity contribution in [2.24, 2.45) is 0 Å². The van der Waals surface area contributed by atoms with Crippen LogP contribution in [0.25, 0.3) is 11.0 Å². The molecule has 1 aliphatic rings. The van der Waals surface area contributed by atoms with E-state index in [9.17, 15) is 0 Å². The lowest BCUT2D eigenvalue weighted by molar-refractivity contribution is 0.309. The Morgan fingerprint density at radius 1 is 1.13 bits per heavy atom. The summed E-state index contributed by atoms with van der Waals surface area (Å²) in [5.74, 6) is 1.73. The molecule has 23 heavy (non-hydrogen) atoms. The third kappa shape index (κ3) is 2.27. The van der Waals surface area contributed by atoms with Crippen LogP contribution in [0.2, 0.25) is 0 Å². The number of fused-ring (bicyclic) bond motifs is 1. The summed E-state index contributed by atoms with van der Waals surface area (Å²) in [5, 5.41) is 8.90. The second-order valence-corrected chi connectivity index (χ2v) is 5.74. The fourth-order valence-electron chi connectivity index (χ4n) is 3.34. The second-order valence-electron chi connectivity index (χ2n) is 5.74. The minimum atomic E-state index is 0.675. The molecule has 1 fully saturated rings. The highest BCUT2D eigenvalue weighted by atomic mass is 16.5. The van der Waals surface area contributed by atoms with E-state index in [-0.39, 0.29) is 0 Å². The van der Waals surface area contributed by atoms with Crippen LogP contribution in [-0.2, 0) is 0 Å². The van der Waals surface area contributed by atoms with Crippen LogP contribution >= 0.6 is 0 Å². The number of nitrogens with one attached hydrogen (secondary N) is 1. The molecule has 0 unspecified atom stereocenters. The van der Waals surface area contributed by atoms with Gasteiger partial charge in [0.2, 0.25) is 0 Å². The van der Waals surface area contributed by atoms with Crippen LogP contribution in [0, 0.1) is 0 Å². The smallest absolute Gasteiger partial charge is 0.279 e. The number of hydrogen-bond donors (Lipinski definition) is 1. The fraction of sp³-hybridized carbons (Fsp3) is 0.294. The lowest BCUT2D eigenvalue weighted by Gasteiger charge is -2.38. The van der Waals surface area contributed by atoms with E-state index >= 15 is 0 Å². The molecule has 0 radical (unpaired) electrons. The van der Waals surface area contributed by atoms with Gasteiger partial charge in [0.1, 0.15) is 29.9 Å². The van der Waals surface area contributed by atoms with Gasteiger partial charge < -0.3 is 14.6 Å². The normalized spacial score (nSPS) is 17.3. The third-order valence-electron chi connectivity index (χ3n) is 4.56. The van der Waals surface area contributed by atoms with Crippen molar-refractivity contribution in [3.8, 4) is 5.75 Å². The summed E-state index contributed by atoms with van der Waals surface area (Å²) in [5.41, 5.74) is 1.94. The molecule has 3 aromatic rings. The van der Waals surface area contributed by atoms with Gasteiger partial charge in [-0.05, 0) is 17.3 Å². The molecule has 1 aromatic carbocycles. The summed E-state index contributed by atoms with van der Waals surface area (Å²) in [6.07, 6.45) is 3.67. The van der Waals surface area contributed by atoms with Crippen LogP contribution in [0.4, 0.5) is 11.5 Å². The SMILES string of the molecule is COc1ccc2c([N+]3(c4ccncc4)CCNCC3)noc2c1. The van der Waals surface area contributed by atoms with Gasteiger partial charge in [-0.25, -0.2) is 4.48 Å². The van der Waals surface area contributed by atoms with E-state index in [1.807, 2.05) is 30.6 Å². The van der Waals surface area contributed by atoms with Crippen LogP contribution < -0.4 is 14.5 Å². The molecule has 6 heteroatoms. The summed E-state index contributed by atoms with van der Waals surface area (Å²) in [4.78, 5) is 4.15. The molecule has 1 aliphatic heterocycles. The van der Waals surface area contributed by atoms with Crippen molar-refractivity contribution < 1.29 is 9.26 Å². The number of pyridine rings is 1. The standard InChI is InChI=1S/C17H19N4O2/c1-22-14-2-3-15-16(12-14)23-20-17(15)21(10-8-19-9-11-21)13-4-6-18-7-5-13/h2-7,12,19H,8-11H2,1H3/q+1. The lowest BCUT2D eigenvalue weighted by Crippen LogP contribution is -2.56. The molecule has 0 saturated carbocycles. The highest BCUT2D eigenvalue weighted by Crippen LogP contribution is 2.39. The van der Waals surface area contributed by atoms with Gasteiger partial charge >= 0.3 is 0 Å². The van der Waals surface area contributed by atoms with E-state index in [1.165, 1.54) is 5.69 Å². The van der Waals surface area contributed by atoms with Crippen molar-refractivity contribution in [2.75, 3.05) is 33.3 Å². The van der Waals surface area contributed by atoms with E-state index in [4.69, 9.17) is 9.26 Å². The number of rotatable bonds is 3. The number of nitrogens with zero attached hydrogens (tertiary/aromatic N) is 3. The molecule has 2 aromatic heterocycles. The van der Waals surface area contributed by atoms with Gasteiger partial charge in [-0.15, -0.1) is 0 Å². The molecule has 0 aliphatic carbocycles. The first-order valence-electron chi connectivity index (χ1n) is 7.76. The Hall–Kier alpha value is -2.44. The molecule has 118 valence electrons. The van der Waals surface area contributed by atoms with E-state index in [1.54, 1.807) is 7.11 Å². The number of aromatic nitrogens is 2. The second kappa shape index (κ2) is 5.64. The van der Waals surface area contributed by atoms with E-state index in [2.05, 4.69) is 27.6 Å². The van der Waals surface area contributed by atoms with Crippen LogP contribution in [0.5, 0.6) is 5.75 Å². The number of hydrogen-bond acceptors (Lipinski definition) is 5. The molecule has 6 nitrogen and oxygen atoms in total.